The van der Waals surface area contributed by atoms with Crippen molar-refractivity contribution in [2.24, 2.45) is 0 Å². The smallest absolute Gasteiger partial charge is 0.275 e. The van der Waals surface area contributed by atoms with E-state index in [2.05, 4.69) is 20.1 Å². The molecule has 1 N–H and O–H groups in total. The van der Waals surface area contributed by atoms with E-state index in [0.29, 0.717) is 12.2 Å². The van der Waals surface area contributed by atoms with Crippen LogP contribution in [0.3, 0.4) is 0 Å². The second kappa shape index (κ2) is 5.27. The fourth-order valence-corrected chi connectivity index (χ4v) is 4.01. The van der Waals surface area contributed by atoms with Gasteiger partial charge in [-0.1, -0.05) is 0 Å². The first-order valence-electron chi connectivity index (χ1n) is 8.59. The average Bonchev–Trinajstić information content (AvgIpc) is 3.29. The van der Waals surface area contributed by atoms with Crippen LogP contribution < -0.4 is 0 Å². The Balaban J connectivity index is 1.48. The van der Waals surface area contributed by atoms with Crippen LogP contribution in [0.15, 0.2) is 43.1 Å². The summed E-state index contributed by atoms with van der Waals surface area (Å²) in [6.07, 6.45) is 10.9. The lowest BCUT2D eigenvalue weighted by atomic mass is 9.70. The molecule has 0 unspecified atom stereocenters. The fourth-order valence-electron chi connectivity index (χ4n) is 4.01. The summed E-state index contributed by atoms with van der Waals surface area (Å²) in [5.41, 5.74) is 3.34. The van der Waals surface area contributed by atoms with Gasteiger partial charge in [0.1, 0.15) is 0 Å². The van der Waals surface area contributed by atoms with E-state index in [0.717, 1.165) is 37.1 Å². The number of aromatic amines is 1. The number of carbonyl (C=O) groups excluding carboxylic acids is 1. The Kier molecular flexibility index (Phi) is 3.03. The number of pyridine rings is 1. The Morgan fingerprint density at radius 3 is 2.80 bits per heavy atom. The highest BCUT2D eigenvalue weighted by atomic mass is 16.2. The summed E-state index contributed by atoms with van der Waals surface area (Å²) in [7, 11) is 0. The van der Waals surface area contributed by atoms with Gasteiger partial charge in [0.25, 0.3) is 5.91 Å². The fraction of sp³-hybridized carbons (Fsp3) is 0.333. The average molecular weight is 334 g/mol. The third-order valence-electron chi connectivity index (χ3n) is 5.42. The molecule has 1 saturated carbocycles. The zero-order valence-electron chi connectivity index (χ0n) is 13.7. The van der Waals surface area contributed by atoms with Crippen LogP contribution in [0, 0.1) is 0 Å². The van der Waals surface area contributed by atoms with Gasteiger partial charge < -0.3 is 9.88 Å². The highest BCUT2D eigenvalue weighted by Crippen LogP contribution is 2.49. The molecular formula is C18H18N6O. The number of H-pyrrole nitrogens is 1. The van der Waals surface area contributed by atoms with Crippen molar-refractivity contribution in [3.05, 3.63) is 60.2 Å². The summed E-state index contributed by atoms with van der Waals surface area (Å²) < 4.78 is 1.71. The first-order chi connectivity index (χ1) is 12.3. The second-order valence-corrected chi connectivity index (χ2v) is 6.67. The lowest BCUT2D eigenvalue weighted by Gasteiger charge is -2.51. The van der Waals surface area contributed by atoms with Gasteiger partial charge >= 0.3 is 0 Å². The molecule has 0 radical (unpaired) electrons. The molecule has 1 aliphatic carbocycles. The van der Waals surface area contributed by atoms with E-state index in [-0.39, 0.29) is 11.4 Å². The van der Waals surface area contributed by atoms with Crippen molar-refractivity contribution in [1.29, 1.82) is 0 Å². The molecule has 1 aliphatic heterocycles. The Morgan fingerprint density at radius 2 is 2.04 bits per heavy atom. The molecule has 3 aromatic rings. The predicted octanol–water partition coefficient (Wildman–Crippen LogP) is 2.07. The van der Waals surface area contributed by atoms with Crippen LogP contribution in [0.4, 0.5) is 0 Å². The van der Waals surface area contributed by atoms with Crippen molar-refractivity contribution < 1.29 is 4.79 Å². The van der Waals surface area contributed by atoms with Gasteiger partial charge in [0.2, 0.25) is 0 Å². The Labute approximate surface area is 144 Å². The van der Waals surface area contributed by atoms with Crippen LogP contribution in [-0.4, -0.2) is 42.1 Å². The summed E-state index contributed by atoms with van der Waals surface area (Å²) in [5, 5.41) is 4.49. The minimum absolute atomic E-state index is 0.0128. The van der Waals surface area contributed by atoms with Crippen LogP contribution in [0.2, 0.25) is 0 Å². The molecule has 7 nitrogen and oxygen atoms in total. The lowest BCUT2D eigenvalue weighted by Crippen LogP contribution is -2.57. The first-order valence-corrected chi connectivity index (χ1v) is 8.59. The second-order valence-electron chi connectivity index (χ2n) is 6.67. The summed E-state index contributed by atoms with van der Waals surface area (Å²) in [5.74, 6) is -0.0128. The summed E-state index contributed by atoms with van der Waals surface area (Å²) >= 11 is 0. The van der Waals surface area contributed by atoms with Gasteiger partial charge in [-0.3, -0.25) is 9.78 Å². The van der Waals surface area contributed by atoms with Gasteiger partial charge in [-0.2, -0.15) is 5.10 Å². The van der Waals surface area contributed by atoms with Gasteiger partial charge in [-0.15, -0.1) is 0 Å². The minimum atomic E-state index is -0.245. The third-order valence-corrected chi connectivity index (χ3v) is 5.42. The van der Waals surface area contributed by atoms with Gasteiger partial charge in [-0.05, 0) is 37.5 Å². The molecule has 0 aromatic carbocycles. The molecule has 25 heavy (non-hydrogen) atoms. The highest BCUT2D eigenvalue weighted by Gasteiger charge is 2.51. The van der Waals surface area contributed by atoms with Crippen molar-refractivity contribution in [1.82, 2.24) is 29.6 Å². The molecule has 5 rings (SSSR count). The van der Waals surface area contributed by atoms with Crippen LogP contribution in [0.1, 0.15) is 41.1 Å². The maximum absolute atomic E-state index is 13.2. The molecule has 4 heterocycles. The number of nitrogens with one attached hydrogen (secondary N) is 1. The lowest BCUT2D eigenvalue weighted by molar-refractivity contribution is 0.00406. The number of fused-ring (bicyclic) bond motifs is 2. The molecule has 1 fully saturated rings. The molecule has 0 atom stereocenters. The molecule has 1 amide bonds. The molecular weight excluding hydrogens is 316 g/mol. The largest absolute Gasteiger partial charge is 0.348 e. The zero-order chi connectivity index (χ0) is 16.9. The third kappa shape index (κ3) is 2.05. The van der Waals surface area contributed by atoms with Crippen LogP contribution >= 0.6 is 0 Å². The van der Waals surface area contributed by atoms with Gasteiger partial charge in [-0.25, -0.2) is 9.67 Å². The quantitative estimate of drug-likeness (QED) is 0.778. The Bertz CT molecular complexity index is 924. The number of amides is 1. The van der Waals surface area contributed by atoms with E-state index >= 15 is 0 Å². The molecule has 3 aromatic heterocycles. The molecule has 1 spiro atoms. The van der Waals surface area contributed by atoms with Gasteiger partial charge in [0.05, 0.1) is 23.2 Å². The monoisotopic (exact) mass is 334 g/mol. The summed E-state index contributed by atoms with van der Waals surface area (Å²) in [6.45, 7) is 0.705. The first kappa shape index (κ1) is 14.4. The van der Waals surface area contributed by atoms with Crippen LogP contribution in [-0.2, 0) is 12.0 Å². The predicted molar refractivity (Wildman–Crippen MR) is 90.2 cm³/mol. The van der Waals surface area contributed by atoms with Gasteiger partial charge in [0, 0.05) is 37.3 Å². The SMILES string of the molecule is O=C(c1ccn(-c2ccncc2)n1)N1CCc2[nH]cnc2C12CCC2. The van der Waals surface area contributed by atoms with Crippen molar-refractivity contribution in [2.45, 2.75) is 31.2 Å². The molecule has 0 bridgehead atoms. The number of hydrogen-bond donors (Lipinski definition) is 1. The standard InChI is InChI=1S/C18H18N6O/c25-17(15-5-11-24(22-15)13-2-8-19-9-3-13)23-10-4-14-16(21-12-20-14)18(23)6-1-7-18/h2-3,5,8-9,11-12H,1,4,6-7,10H2,(H,20,21). The zero-order valence-corrected chi connectivity index (χ0v) is 13.7. The minimum Gasteiger partial charge on any atom is -0.348 e. The van der Waals surface area contributed by atoms with Crippen molar-refractivity contribution in [2.75, 3.05) is 6.54 Å². The van der Waals surface area contributed by atoms with E-state index in [4.69, 9.17) is 0 Å². The van der Waals surface area contributed by atoms with Crippen molar-refractivity contribution in [3.63, 3.8) is 0 Å². The van der Waals surface area contributed by atoms with E-state index < -0.39 is 0 Å². The molecule has 0 saturated heterocycles. The number of nitrogens with zero attached hydrogens (tertiary/aromatic N) is 5. The van der Waals surface area contributed by atoms with E-state index in [1.807, 2.05) is 23.2 Å². The van der Waals surface area contributed by atoms with E-state index in [1.54, 1.807) is 29.5 Å². The number of carbonyl (C=O) groups is 1. The Morgan fingerprint density at radius 1 is 1.20 bits per heavy atom. The molecule has 126 valence electrons. The normalized spacial score (nSPS) is 18.0. The Hall–Kier alpha value is -2.96. The van der Waals surface area contributed by atoms with Crippen molar-refractivity contribution in [3.8, 4) is 5.69 Å². The number of hydrogen-bond acceptors (Lipinski definition) is 4. The maximum atomic E-state index is 13.2. The highest BCUT2D eigenvalue weighted by molar-refractivity contribution is 5.93. The van der Waals surface area contributed by atoms with Crippen molar-refractivity contribution >= 4 is 5.91 Å². The van der Waals surface area contributed by atoms with Crippen LogP contribution in [0.5, 0.6) is 0 Å². The van der Waals surface area contributed by atoms with Gasteiger partial charge in [0.15, 0.2) is 5.69 Å². The number of aromatic nitrogens is 5. The maximum Gasteiger partial charge on any atom is 0.275 e. The van der Waals surface area contributed by atoms with E-state index in [1.165, 1.54) is 5.69 Å². The number of imidazole rings is 1. The summed E-state index contributed by atoms with van der Waals surface area (Å²) in [4.78, 5) is 26.9. The molecule has 2 aliphatic rings. The molecule has 7 heteroatoms. The van der Waals surface area contributed by atoms with Crippen LogP contribution in [0.25, 0.3) is 5.69 Å². The number of rotatable bonds is 2. The van der Waals surface area contributed by atoms with E-state index in [9.17, 15) is 4.79 Å². The summed E-state index contributed by atoms with van der Waals surface area (Å²) in [6, 6.07) is 5.52. The topological polar surface area (TPSA) is 79.7 Å².